The van der Waals surface area contributed by atoms with Crippen molar-refractivity contribution < 1.29 is 28.7 Å². The summed E-state index contributed by atoms with van der Waals surface area (Å²) in [6, 6.07) is 12.7. The monoisotopic (exact) mass is 546 g/mol. The number of nitrogens with one attached hydrogen (secondary N) is 1. The van der Waals surface area contributed by atoms with Crippen LogP contribution in [0.2, 0.25) is 0 Å². The summed E-state index contributed by atoms with van der Waals surface area (Å²) in [5.41, 5.74) is 2.10. The summed E-state index contributed by atoms with van der Waals surface area (Å²) < 4.78 is 12.5. The number of likely N-dealkylation sites (tertiary alicyclic amines) is 1. The van der Waals surface area contributed by atoms with Gasteiger partial charge in [-0.3, -0.25) is 24.1 Å². The maximum absolute atomic E-state index is 13.1. The van der Waals surface area contributed by atoms with Crippen molar-refractivity contribution in [1.82, 2.24) is 14.4 Å². The minimum Gasteiger partial charge on any atom is -0.454 e. The van der Waals surface area contributed by atoms with Crippen LogP contribution in [-0.4, -0.2) is 63.8 Å². The topological polar surface area (TPSA) is 110 Å². The van der Waals surface area contributed by atoms with Crippen LogP contribution >= 0.6 is 11.8 Å². The van der Waals surface area contributed by atoms with E-state index in [2.05, 4.69) is 5.32 Å². The molecule has 3 aliphatic heterocycles. The van der Waals surface area contributed by atoms with Gasteiger partial charge in [0.2, 0.25) is 18.6 Å². The van der Waals surface area contributed by atoms with Crippen LogP contribution in [0.3, 0.4) is 0 Å². The molecule has 0 aliphatic carbocycles. The molecule has 3 aromatic rings. The highest BCUT2D eigenvalue weighted by Gasteiger charge is 2.37. The summed E-state index contributed by atoms with van der Waals surface area (Å²) in [6.45, 7) is 1.26. The first-order valence-electron chi connectivity index (χ1n) is 12.8. The van der Waals surface area contributed by atoms with Gasteiger partial charge in [-0.1, -0.05) is 18.2 Å². The number of para-hydroxylation sites is 1. The maximum Gasteiger partial charge on any atom is 0.294 e. The lowest BCUT2D eigenvalue weighted by Gasteiger charge is -2.27. The Hall–Kier alpha value is -4.25. The first kappa shape index (κ1) is 25.1. The summed E-state index contributed by atoms with van der Waals surface area (Å²) in [7, 11) is 0. The van der Waals surface area contributed by atoms with Gasteiger partial charge in [-0.05, 0) is 55.3 Å². The Morgan fingerprint density at radius 2 is 1.77 bits per heavy atom. The minimum atomic E-state index is -0.479. The third-order valence-electron chi connectivity index (χ3n) is 6.95. The van der Waals surface area contributed by atoms with Gasteiger partial charge in [-0.25, -0.2) is 0 Å². The second kappa shape index (κ2) is 10.5. The first-order chi connectivity index (χ1) is 19.0. The van der Waals surface area contributed by atoms with E-state index in [1.807, 2.05) is 24.3 Å². The van der Waals surface area contributed by atoms with Gasteiger partial charge in [0, 0.05) is 47.5 Å². The summed E-state index contributed by atoms with van der Waals surface area (Å²) in [5, 5.41) is 3.26. The van der Waals surface area contributed by atoms with Crippen LogP contribution in [-0.2, 0) is 20.9 Å². The quantitative estimate of drug-likeness (QED) is 0.465. The average Bonchev–Trinajstić information content (AvgIpc) is 3.62. The van der Waals surface area contributed by atoms with Crippen LogP contribution < -0.4 is 14.8 Å². The fourth-order valence-corrected chi connectivity index (χ4v) is 5.84. The Labute approximate surface area is 228 Å². The highest BCUT2D eigenvalue weighted by Crippen LogP contribution is 2.35. The molecule has 0 radical (unpaired) electrons. The van der Waals surface area contributed by atoms with Crippen LogP contribution in [0.15, 0.2) is 53.6 Å². The normalized spacial score (nSPS) is 17.9. The zero-order chi connectivity index (χ0) is 26.9. The fourth-order valence-electron chi connectivity index (χ4n) is 5.01. The summed E-state index contributed by atoms with van der Waals surface area (Å²) in [4.78, 5) is 54.3. The molecule has 11 heteroatoms. The molecule has 3 aliphatic rings. The molecule has 10 nitrogen and oxygen atoms in total. The van der Waals surface area contributed by atoms with E-state index in [0.29, 0.717) is 35.8 Å². The molecule has 0 saturated carbocycles. The number of piperidine rings is 1. The van der Waals surface area contributed by atoms with Gasteiger partial charge in [0.15, 0.2) is 11.5 Å². The number of hydrogen-bond donors (Lipinski definition) is 1. The van der Waals surface area contributed by atoms with E-state index in [9.17, 15) is 19.2 Å². The second-order valence-corrected chi connectivity index (χ2v) is 10.5. The molecule has 1 aromatic heterocycles. The Morgan fingerprint density at radius 3 is 2.62 bits per heavy atom. The van der Waals surface area contributed by atoms with Crippen LogP contribution in [0.25, 0.3) is 17.0 Å². The highest BCUT2D eigenvalue weighted by atomic mass is 32.2. The standard InChI is InChI=1S/C28H26N4O6S/c33-25(29-19-8-9-22-23(13-19)38-17-37-22)15-31-14-18(20-6-2-3-7-21(20)31)12-24-27(35)32(28(36)39-24)16-26(34)30-10-4-1-5-11-30/h2-3,6-9,12-14H,1,4-5,10-11,15-17H2,(H,29,33)/b24-12-. The number of carbonyl (C=O) groups is 4. The number of rotatable bonds is 6. The average molecular weight is 547 g/mol. The molecule has 0 bridgehead atoms. The lowest BCUT2D eigenvalue weighted by atomic mass is 10.1. The van der Waals surface area contributed by atoms with Gasteiger partial charge in [-0.2, -0.15) is 0 Å². The van der Waals surface area contributed by atoms with Crippen molar-refractivity contribution in [2.75, 3.05) is 31.7 Å². The third kappa shape index (κ3) is 5.09. The Morgan fingerprint density at radius 1 is 0.974 bits per heavy atom. The maximum atomic E-state index is 13.1. The van der Waals surface area contributed by atoms with E-state index in [1.165, 1.54) is 0 Å². The van der Waals surface area contributed by atoms with Gasteiger partial charge in [0.1, 0.15) is 13.1 Å². The molecule has 0 spiro atoms. The number of imide groups is 1. The number of anilines is 1. The summed E-state index contributed by atoms with van der Waals surface area (Å²) >= 11 is 0.826. The highest BCUT2D eigenvalue weighted by molar-refractivity contribution is 8.18. The van der Waals surface area contributed by atoms with E-state index in [1.54, 1.807) is 39.9 Å². The Kier molecular flexibility index (Phi) is 6.74. The zero-order valence-corrected chi connectivity index (χ0v) is 21.9. The van der Waals surface area contributed by atoms with Crippen molar-refractivity contribution in [2.24, 2.45) is 0 Å². The number of nitrogens with zero attached hydrogens (tertiary/aromatic N) is 3. The van der Waals surface area contributed by atoms with Gasteiger partial charge >= 0.3 is 0 Å². The van der Waals surface area contributed by atoms with E-state index < -0.39 is 11.1 Å². The Bertz CT molecular complexity index is 1520. The minimum absolute atomic E-state index is 0.0363. The number of benzene rings is 2. The lowest BCUT2D eigenvalue weighted by molar-refractivity contribution is -0.136. The Balaban J connectivity index is 1.19. The van der Waals surface area contributed by atoms with Crippen LogP contribution in [0, 0.1) is 0 Å². The molecule has 0 atom stereocenters. The van der Waals surface area contributed by atoms with Gasteiger partial charge < -0.3 is 24.3 Å². The van der Waals surface area contributed by atoms with Gasteiger partial charge in [0.25, 0.3) is 11.1 Å². The number of fused-ring (bicyclic) bond motifs is 2. The van der Waals surface area contributed by atoms with Gasteiger partial charge in [0.05, 0.1) is 4.91 Å². The van der Waals surface area contributed by atoms with Crippen molar-refractivity contribution in [3.63, 3.8) is 0 Å². The predicted octanol–water partition coefficient (Wildman–Crippen LogP) is 4.06. The first-order valence-corrected chi connectivity index (χ1v) is 13.6. The van der Waals surface area contributed by atoms with E-state index in [0.717, 1.165) is 46.8 Å². The zero-order valence-electron chi connectivity index (χ0n) is 21.1. The number of amides is 4. The SMILES string of the molecule is O=C(Cn1cc(/C=C2\SC(=O)N(CC(=O)N3CCCCC3)C2=O)c2ccccc21)Nc1ccc2c(c1)OCO2. The second-order valence-electron chi connectivity index (χ2n) is 9.56. The van der Waals surface area contributed by atoms with Crippen LogP contribution in [0.1, 0.15) is 24.8 Å². The molecule has 2 saturated heterocycles. The third-order valence-corrected chi connectivity index (χ3v) is 7.86. The lowest BCUT2D eigenvalue weighted by Crippen LogP contribution is -2.44. The van der Waals surface area contributed by atoms with E-state index in [4.69, 9.17) is 9.47 Å². The smallest absolute Gasteiger partial charge is 0.294 e. The molecular weight excluding hydrogens is 520 g/mol. The molecule has 1 N–H and O–H groups in total. The van der Waals surface area contributed by atoms with Crippen molar-refractivity contribution in [3.05, 3.63) is 59.1 Å². The largest absolute Gasteiger partial charge is 0.454 e. The van der Waals surface area contributed by atoms with E-state index in [-0.39, 0.29) is 36.6 Å². The molecule has 0 unspecified atom stereocenters. The molecule has 39 heavy (non-hydrogen) atoms. The van der Waals surface area contributed by atoms with Crippen LogP contribution in [0.5, 0.6) is 11.5 Å². The summed E-state index contributed by atoms with van der Waals surface area (Å²) in [6.07, 6.45) is 6.40. The molecular formula is C28H26N4O6S. The number of hydrogen-bond acceptors (Lipinski definition) is 7. The van der Waals surface area contributed by atoms with Crippen molar-refractivity contribution in [2.45, 2.75) is 25.8 Å². The number of ether oxygens (including phenoxy) is 2. The molecule has 4 amide bonds. The van der Waals surface area contributed by atoms with Crippen LogP contribution in [0.4, 0.5) is 10.5 Å². The predicted molar refractivity (Wildman–Crippen MR) is 146 cm³/mol. The number of aromatic nitrogens is 1. The molecule has 6 rings (SSSR count). The molecule has 4 heterocycles. The molecule has 2 aromatic carbocycles. The van der Waals surface area contributed by atoms with Gasteiger partial charge in [-0.15, -0.1) is 0 Å². The van der Waals surface area contributed by atoms with Crippen molar-refractivity contribution in [1.29, 1.82) is 0 Å². The molecule has 2 fully saturated rings. The van der Waals surface area contributed by atoms with Crippen molar-refractivity contribution in [3.8, 4) is 11.5 Å². The number of carbonyl (C=O) groups excluding carboxylic acids is 4. The fraction of sp³-hybridized carbons (Fsp3) is 0.286. The number of thioether (sulfide) groups is 1. The van der Waals surface area contributed by atoms with E-state index >= 15 is 0 Å². The molecule has 200 valence electrons. The van der Waals surface area contributed by atoms with Crippen molar-refractivity contribution >= 4 is 57.4 Å². The summed E-state index contributed by atoms with van der Waals surface area (Å²) in [5.74, 6) is 0.288.